The predicted molar refractivity (Wildman–Crippen MR) is 200 cm³/mol. The van der Waals surface area contributed by atoms with Crippen LogP contribution in [0.4, 0.5) is 5.69 Å². The molecule has 1 saturated carbocycles. The lowest BCUT2D eigenvalue weighted by Crippen LogP contribution is -2.65. The van der Waals surface area contributed by atoms with Gasteiger partial charge in [0.25, 0.3) is 29.5 Å². The molecular formula is C41H37N5O11. The molecule has 57 heavy (non-hydrogen) atoms. The van der Waals surface area contributed by atoms with Gasteiger partial charge in [0.15, 0.2) is 11.4 Å². The van der Waals surface area contributed by atoms with Crippen molar-refractivity contribution in [3.63, 3.8) is 0 Å². The van der Waals surface area contributed by atoms with E-state index < -0.39 is 106 Å². The van der Waals surface area contributed by atoms with Crippen molar-refractivity contribution in [3.8, 4) is 5.75 Å². The molecule has 8 rings (SSSR count). The Kier molecular flexibility index (Phi) is 8.30. The van der Waals surface area contributed by atoms with Crippen LogP contribution in [0.15, 0.2) is 65.4 Å². The topological polar surface area (TPSA) is 239 Å². The summed E-state index contributed by atoms with van der Waals surface area (Å²) in [5.74, 6) is -11.0. The summed E-state index contributed by atoms with van der Waals surface area (Å²) in [5.41, 5.74) is 2.10. The number of phenols is 1. The van der Waals surface area contributed by atoms with Gasteiger partial charge in [-0.3, -0.25) is 48.3 Å². The highest BCUT2D eigenvalue weighted by Crippen LogP contribution is 2.55. The second-order valence-corrected chi connectivity index (χ2v) is 15.3. The minimum atomic E-state index is -2.88. The average molecular weight is 776 g/mol. The zero-order valence-electron chi connectivity index (χ0n) is 31.2. The number of likely N-dealkylation sites (N-methyl/N-ethyl adjacent to an activating group) is 1. The minimum Gasteiger partial charge on any atom is -0.508 e. The maximum Gasteiger partial charge on any atom is 0.261 e. The summed E-state index contributed by atoms with van der Waals surface area (Å²) in [5, 5.41) is 47.8. The number of carbonyl (C=O) groups is 7. The van der Waals surface area contributed by atoms with Gasteiger partial charge in [-0.05, 0) is 62.7 Å². The van der Waals surface area contributed by atoms with Gasteiger partial charge in [0.05, 0.1) is 46.9 Å². The van der Waals surface area contributed by atoms with Gasteiger partial charge in [-0.1, -0.05) is 24.3 Å². The van der Waals surface area contributed by atoms with Gasteiger partial charge in [-0.15, -0.1) is 0 Å². The molecule has 4 atom stereocenters. The van der Waals surface area contributed by atoms with E-state index in [4.69, 9.17) is 5.73 Å². The first-order chi connectivity index (χ1) is 26.9. The molecule has 3 aliphatic carbocycles. The molecule has 3 aromatic rings. The van der Waals surface area contributed by atoms with Gasteiger partial charge in [-0.2, -0.15) is 0 Å². The highest BCUT2D eigenvalue weighted by Gasteiger charge is 2.64. The number of benzene rings is 3. The first-order valence-corrected chi connectivity index (χ1v) is 18.0. The maximum absolute atomic E-state index is 14.6. The largest absolute Gasteiger partial charge is 0.508 e. The van der Waals surface area contributed by atoms with Crippen LogP contribution in [-0.4, -0.2) is 116 Å². The molecule has 3 aromatic carbocycles. The third kappa shape index (κ3) is 4.96. The molecule has 0 spiro atoms. The van der Waals surface area contributed by atoms with E-state index in [1.807, 2.05) is 0 Å². The number of Topliss-reactive ketones (excluding diaryl/α,β-unsaturated/α-hetero) is 2. The molecule has 1 fully saturated rings. The number of fused-ring (bicyclic) bond motifs is 5. The second-order valence-electron chi connectivity index (χ2n) is 15.3. The highest BCUT2D eigenvalue weighted by atomic mass is 16.3. The number of aliphatic hydroxyl groups is 3. The van der Waals surface area contributed by atoms with Crippen LogP contribution in [0.5, 0.6) is 5.75 Å². The van der Waals surface area contributed by atoms with Gasteiger partial charge in [0.2, 0.25) is 5.78 Å². The second kappa shape index (κ2) is 12.7. The molecule has 6 N–H and O–H groups in total. The minimum absolute atomic E-state index is 0.0992. The molecule has 5 aliphatic rings. The van der Waals surface area contributed by atoms with E-state index in [1.54, 1.807) is 43.3 Å². The SMILES string of the molecule is CN(C)c1c(CN2C(=O)c3ccccc3C2=O)c(CN2C(=O)c3ccccc3C2=O)c(O)c2c1C[C@H]1C[C@H]3[C@H](N(C)C)C(=O)C(C(N)=O)=C(O)[C@@]3(O)C(=O)C1=C2O. The number of carbonyl (C=O) groups excluding carboxylic acids is 7. The van der Waals surface area contributed by atoms with E-state index in [2.05, 4.69) is 0 Å². The zero-order chi connectivity index (χ0) is 41.2. The molecule has 292 valence electrons. The van der Waals surface area contributed by atoms with E-state index in [9.17, 15) is 54.0 Å². The Bertz CT molecular complexity index is 2450. The Morgan fingerprint density at radius 3 is 1.70 bits per heavy atom. The van der Waals surface area contributed by atoms with Crippen molar-refractivity contribution in [1.82, 2.24) is 14.7 Å². The Morgan fingerprint density at radius 1 is 0.789 bits per heavy atom. The Morgan fingerprint density at radius 2 is 1.26 bits per heavy atom. The number of ketones is 2. The van der Waals surface area contributed by atoms with Crippen molar-refractivity contribution >= 4 is 52.5 Å². The smallest absolute Gasteiger partial charge is 0.261 e. The van der Waals surface area contributed by atoms with Crippen LogP contribution in [0.25, 0.3) is 5.76 Å². The fourth-order valence-corrected chi connectivity index (χ4v) is 9.43. The van der Waals surface area contributed by atoms with Crippen molar-refractivity contribution in [3.05, 3.63) is 110 Å². The quantitative estimate of drug-likeness (QED) is 0.170. The Balaban J connectivity index is 1.35. The Hall–Kier alpha value is -6.65. The van der Waals surface area contributed by atoms with Crippen molar-refractivity contribution in [2.24, 2.45) is 17.6 Å². The van der Waals surface area contributed by atoms with Gasteiger partial charge >= 0.3 is 0 Å². The van der Waals surface area contributed by atoms with Crippen molar-refractivity contribution in [2.45, 2.75) is 37.6 Å². The molecule has 0 unspecified atom stereocenters. The lowest BCUT2D eigenvalue weighted by Gasteiger charge is -2.50. The lowest BCUT2D eigenvalue weighted by molar-refractivity contribution is -0.153. The molecule has 0 saturated heterocycles. The molecule has 16 nitrogen and oxygen atoms in total. The maximum atomic E-state index is 14.6. The third-order valence-corrected chi connectivity index (χ3v) is 11.9. The molecule has 0 aromatic heterocycles. The number of nitrogens with two attached hydrogens (primary N) is 1. The average Bonchev–Trinajstić information content (AvgIpc) is 3.54. The molecule has 0 radical (unpaired) electrons. The van der Waals surface area contributed by atoms with Crippen molar-refractivity contribution in [1.29, 1.82) is 0 Å². The summed E-state index contributed by atoms with van der Waals surface area (Å²) in [6, 6.07) is 11.1. The van der Waals surface area contributed by atoms with Crippen LogP contribution < -0.4 is 10.6 Å². The first kappa shape index (κ1) is 37.3. The summed E-state index contributed by atoms with van der Waals surface area (Å²) in [6.07, 6.45) is -0.276. The van der Waals surface area contributed by atoms with Crippen LogP contribution >= 0.6 is 0 Å². The predicted octanol–water partition coefficient (Wildman–Crippen LogP) is 1.62. The first-order valence-electron chi connectivity index (χ1n) is 18.0. The van der Waals surface area contributed by atoms with Crippen molar-refractivity contribution in [2.75, 3.05) is 33.1 Å². The molecule has 16 heteroatoms. The van der Waals surface area contributed by atoms with Crippen LogP contribution in [-0.2, 0) is 33.9 Å². The number of rotatable bonds is 7. The molecule has 2 heterocycles. The number of nitrogens with zero attached hydrogens (tertiary/aromatic N) is 4. The number of anilines is 1. The fourth-order valence-electron chi connectivity index (χ4n) is 9.43. The number of primary amides is 1. The van der Waals surface area contributed by atoms with E-state index in [-0.39, 0.29) is 57.3 Å². The standard InChI is InChI=1S/C41H37N5O11/c1-43(2)29-22-13-17-14-25-30(44(3)4)33(49)28(36(42)52)35(51)41(25,57)34(50)26(17)32(48)27(22)31(47)24(16-46-39(55)20-11-7-8-12-21(20)40(46)56)23(29)15-45-37(53)18-9-5-6-10-19(18)38(45)54/h5-12,17,25,30,47-48,51,57H,13-16H2,1-4H3,(H2,42,52)/t17-,25-,30-,41-/m0/s1. The molecule has 0 bridgehead atoms. The number of aliphatic hydroxyl groups excluding tert-OH is 2. The summed E-state index contributed by atoms with van der Waals surface area (Å²) < 4.78 is 0. The highest BCUT2D eigenvalue weighted by molar-refractivity contribution is 6.25. The number of amides is 5. The lowest BCUT2D eigenvalue weighted by atomic mass is 9.57. The zero-order valence-corrected chi connectivity index (χ0v) is 31.2. The van der Waals surface area contributed by atoms with E-state index in [1.165, 1.54) is 43.3 Å². The number of hydrogen-bond acceptors (Lipinski definition) is 13. The monoisotopic (exact) mass is 775 g/mol. The van der Waals surface area contributed by atoms with E-state index in [0.29, 0.717) is 5.69 Å². The van der Waals surface area contributed by atoms with Crippen LogP contribution in [0.1, 0.15) is 70.1 Å². The molecule has 5 amide bonds. The summed E-state index contributed by atoms with van der Waals surface area (Å²) in [7, 11) is 6.27. The van der Waals surface area contributed by atoms with Gasteiger partial charge in [-0.25, -0.2) is 0 Å². The van der Waals surface area contributed by atoms with Gasteiger partial charge in [0.1, 0.15) is 22.8 Å². The summed E-state index contributed by atoms with van der Waals surface area (Å²) in [6.45, 7) is -1.02. The fraction of sp³-hybridized carbons (Fsp3) is 0.293. The van der Waals surface area contributed by atoms with Gasteiger partial charge in [0, 0.05) is 42.4 Å². The number of hydrogen-bond donors (Lipinski definition) is 5. The van der Waals surface area contributed by atoms with E-state index >= 15 is 0 Å². The number of phenolic OH excluding ortho intramolecular Hbond substituents is 1. The van der Waals surface area contributed by atoms with Gasteiger partial charge < -0.3 is 31.1 Å². The van der Waals surface area contributed by atoms with Crippen LogP contribution in [0.2, 0.25) is 0 Å². The molecular weight excluding hydrogens is 738 g/mol. The normalized spacial score (nSPS) is 23.9. The summed E-state index contributed by atoms with van der Waals surface area (Å²) in [4.78, 5) is 100. The number of aromatic hydroxyl groups is 1. The van der Waals surface area contributed by atoms with Crippen LogP contribution in [0, 0.1) is 11.8 Å². The van der Waals surface area contributed by atoms with Crippen LogP contribution in [0.3, 0.4) is 0 Å². The van der Waals surface area contributed by atoms with E-state index in [0.717, 1.165) is 9.80 Å². The Labute approximate surface area is 324 Å². The van der Waals surface area contributed by atoms with Crippen molar-refractivity contribution < 1.29 is 54.0 Å². The third-order valence-electron chi connectivity index (χ3n) is 11.9. The summed E-state index contributed by atoms with van der Waals surface area (Å²) >= 11 is 0. The number of imide groups is 2. The molecule has 2 aliphatic heterocycles.